The van der Waals surface area contributed by atoms with Gasteiger partial charge in [0.2, 0.25) is 0 Å². The predicted octanol–water partition coefficient (Wildman–Crippen LogP) is 14.5. The maximum absolute atomic E-state index is 10.9. The van der Waals surface area contributed by atoms with Crippen molar-refractivity contribution in [2.24, 2.45) is 0 Å². The van der Waals surface area contributed by atoms with Crippen LogP contribution in [0.4, 0.5) is 0 Å². The Hall–Kier alpha value is -8.79. The molecule has 0 spiro atoms. The van der Waals surface area contributed by atoms with Crippen molar-refractivity contribution in [2.75, 3.05) is 0 Å². The van der Waals surface area contributed by atoms with Crippen LogP contribution in [-0.2, 0) is 0 Å². The van der Waals surface area contributed by atoms with Crippen LogP contribution < -0.4 is 0 Å². The van der Waals surface area contributed by atoms with E-state index in [1.807, 2.05) is 97.1 Å². The number of hydrogen-bond acceptors (Lipinski definition) is 5. The first kappa shape index (κ1) is 39.1. The lowest BCUT2D eigenvalue weighted by Crippen LogP contribution is -2.06. The average Bonchev–Trinajstić information content (AvgIpc) is 3.70. The number of fused-ring (bicyclic) bond motifs is 3. The van der Waals surface area contributed by atoms with Crippen LogP contribution in [0.1, 0.15) is 16.7 Å². The van der Waals surface area contributed by atoms with Gasteiger partial charge in [-0.3, -0.25) is 0 Å². The van der Waals surface area contributed by atoms with Gasteiger partial charge in [0.1, 0.15) is 0 Å². The first-order valence-corrected chi connectivity index (χ1v) is 21.7. The number of nitrogens with zero attached hydrogens (tertiary/aromatic N) is 6. The molecule has 6 heteroatoms. The highest BCUT2D eigenvalue weighted by Gasteiger charge is 2.26. The number of hydrogen-bond donors (Lipinski definition) is 0. The first-order valence-electron chi connectivity index (χ1n) is 21.7. The van der Waals surface area contributed by atoms with E-state index < -0.39 is 0 Å². The minimum absolute atomic E-state index is 0.431. The number of aromatic nitrogens is 5. The zero-order valence-corrected chi connectivity index (χ0v) is 35.8. The van der Waals surface area contributed by atoms with Crippen molar-refractivity contribution in [3.05, 3.63) is 223 Å². The maximum atomic E-state index is 10.9. The number of aryl methyl sites for hydroxylation is 2. The van der Waals surface area contributed by atoms with Crippen LogP contribution in [0.3, 0.4) is 0 Å². The Balaban J connectivity index is 1.30. The second-order valence-corrected chi connectivity index (χ2v) is 16.3. The summed E-state index contributed by atoms with van der Waals surface area (Å²) < 4.78 is 2.31. The van der Waals surface area contributed by atoms with E-state index in [9.17, 15) is 5.26 Å². The Morgan fingerprint density at radius 2 is 0.831 bits per heavy atom. The molecule has 3 heterocycles. The van der Waals surface area contributed by atoms with Crippen molar-refractivity contribution >= 4 is 21.8 Å². The molecule has 0 aliphatic rings. The molecule has 65 heavy (non-hydrogen) atoms. The van der Waals surface area contributed by atoms with E-state index in [0.717, 1.165) is 83.6 Å². The molecule has 11 aromatic rings. The van der Waals surface area contributed by atoms with Crippen molar-refractivity contribution < 1.29 is 0 Å². The van der Waals surface area contributed by atoms with Crippen molar-refractivity contribution in [1.82, 2.24) is 24.5 Å². The SMILES string of the molecule is Cc1ccc(-c2ccc3c4ccccc4n(-c4c(-c5nc(-c6ccccc6)cc(-c6ccccc6)n5)cc(C#N)cc4-c4nc(-c5ccccc5)cc(-c5ccccc5)n4)c3c2)c(C)c1. The number of para-hydroxylation sites is 1. The van der Waals surface area contributed by atoms with Crippen LogP contribution >= 0.6 is 0 Å². The molecule has 3 aromatic heterocycles. The molecule has 0 aliphatic carbocycles. The molecule has 0 unspecified atom stereocenters. The molecular weight excluding hydrogens is 793 g/mol. The zero-order chi connectivity index (χ0) is 43.9. The molecule has 306 valence electrons. The van der Waals surface area contributed by atoms with Crippen molar-refractivity contribution in [3.63, 3.8) is 0 Å². The molecule has 0 saturated heterocycles. The Morgan fingerprint density at radius 3 is 1.29 bits per heavy atom. The Kier molecular flexibility index (Phi) is 9.91. The van der Waals surface area contributed by atoms with E-state index in [1.165, 1.54) is 11.1 Å². The standard InChI is InChI=1S/C59H40N6/c1-38-27-29-46(39(2)31-38)45-28-30-48-47-25-15-16-26-55(47)65(56(48)34-45)57-49(58-61-51(41-17-7-3-8-18-41)35-52(62-58)42-19-9-4-10-20-42)32-40(37-60)33-50(57)59-63-53(43-21-11-5-12-22-43)36-54(64-59)44-23-13-6-14-24-44/h3-36H,1-2H3. The third-order valence-electron chi connectivity index (χ3n) is 12.0. The molecule has 0 aliphatic heterocycles. The van der Waals surface area contributed by atoms with Crippen LogP contribution in [-0.4, -0.2) is 24.5 Å². The topological polar surface area (TPSA) is 80.3 Å². The Labute approximate surface area is 377 Å². The highest BCUT2D eigenvalue weighted by atomic mass is 15.0. The molecule has 8 aromatic carbocycles. The van der Waals surface area contributed by atoms with Crippen LogP contribution in [0, 0.1) is 25.2 Å². The van der Waals surface area contributed by atoms with Crippen molar-refractivity contribution in [3.8, 4) is 90.7 Å². The van der Waals surface area contributed by atoms with Gasteiger partial charge in [-0.15, -0.1) is 0 Å². The zero-order valence-electron chi connectivity index (χ0n) is 35.8. The third-order valence-corrected chi connectivity index (χ3v) is 12.0. The number of rotatable bonds is 8. The molecule has 0 bridgehead atoms. The lowest BCUT2D eigenvalue weighted by atomic mass is 9.97. The van der Waals surface area contributed by atoms with Gasteiger partial charge in [-0.2, -0.15) is 5.26 Å². The maximum Gasteiger partial charge on any atom is 0.162 e. The van der Waals surface area contributed by atoms with Gasteiger partial charge in [0.15, 0.2) is 11.6 Å². The van der Waals surface area contributed by atoms with Crippen molar-refractivity contribution in [2.45, 2.75) is 13.8 Å². The summed E-state index contributed by atoms with van der Waals surface area (Å²) in [6.07, 6.45) is 0. The normalized spacial score (nSPS) is 11.2. The van der Waals surface area contributed by atoms with Gasteiger partial charge in [0, 0.05) is 44.2 Å². The van der Waals surface area contributed by atoms with Gasteiger partial charge in [-0.05, 0) is 66.9 Å². The smallest absolute Gasteiger partial charge is 0.162 e. The lowest BCUT2D eigenvalue weighted by molar-refractivity contribution is 1.12. The Morgan fingerprint density at radius 1 is 0.385 bits per heavy atom. The molecule has 0 amide bonds. The van der Waals surface area contributed by atoms with Crippen LogP contribution in [0.2, 0.25) is 0 Å². The molecule has 0 fully saturated rings. The van der Waals surface area contributed by atoms with Crippen LogP contribution in [0.5, 0.6) is 0 Å². The van der Waals surface area contributed by atoms with E-state index in [2.05, 4.69) is 134 Å². The molecule has 6 nitrogen and oxygen atoms in total. The fourth-order valence-corrected chi connectivity index (χ4v) is 8.96. The molecule has 11 rings (SSSR count). The first-order chi connectivity index (χ1) is 32.0. The summed E-state index contributed by atoms with van der Waals surface area (Å²) in [6.45, 7) is 4.30. The van der Waals surface area contributed by atoms with E-state index in [-0.39, 0.29) is 0 Å². The van der Waals surface area contributed by atoms with Crippen LogP contribution in [0.25, 0.3) is 106 Å². The molecule has 0 N–H and O–H groups in total. The summed E-state index contributed by atoms with van der Waals surface area (Å²) in [4.78, 5) is 21.5. The summed E-state index contributed by atoms with van der Waals surface area (Å²) in [6, 6.07) is 72.9. The van der Waals surface area contributed by atoms with E-state index in [0.29, 0.717) is 28.3 Å². The monoisotopic (exact) mass is 832 g/mol. The van der Waals surface area contributed by atoms with Gasteiger partial charge < -0.3 is 4.57 Å². The summed E-state index contributed by atoms with van der Waals surface area (Å²) in [5, 5.41) is 13.1. The average molecular weight is 833 g/mol. The Bertz CT molecular complexity index is 3350. The second kappa shape index (κ2) is 16.5. The lowest BCUT2D eigenvalue weighted by Gasteiger charge is -2.20. The molecular formula is C59H40N6. The number of nitriles is 1. The quantitative estimate of drug-likeness (QED) is 0.152. The highest BCUT2D eigenvalue weighted by molar-refractivity contribution is 6.11. The minimum Gasteiger partial charge on any atom is -0.308 e. The third kappa shape index (κ3) is 7.31. The summed E-state index contributed by atoms with van der Waals surface area (Å²) in [5.74, 6) is 0.940. The fourth-order valence-electron chi connectivity index (χ4n) is 8.96. The van der Waals surface area contributed by atoms with E-state index in [4.69, 9.17) is 19.9 Å². The van der Waals surface area contributed by atoms with Crippen LogP contribution in [0.15, 0.2) is 206 Å². The van der Waals surface area contributed by atoms with Gasteiger partial charge in [-0.1, -0.05) is 175 Å². The largest absolute Gasteiger partial charge is 0.308 e. The predicted molar refractivity (Wildman–Crippen MR) is 264 cm³/mol. The number of benzene rings is 8. The van der Waals surface area contributed by atoms with Gasteiger partial charge in [0.05, 0.1) is 51.1 Å². The van der Waals surface area contributed by atoms with E-state index in [1.54, 1.807) is 0 Å². The van der Waals surface area contributed by atoms with E-state index >= 15 is 0 Å². The van der Waals surface area contributed by atoms with Gasteiger partial charge in [0.25, 0.3) is 0 Å². The summed E-state index contributed by atoms with van der Waals surface area (Å²) in [7, 11) is 0. The molecule has 0 radical (unpaired) electrons. The fraction of sp³-hybridized carbons (Fsp3) is 0.0339. The second-order valence-electron chi connectivity index (χ2n) is 16.3. The van der Waals surface area contributed by atoms with Gasteiger partial charge in [-0.25, -0.2) is 19.9 Å². The molecule has 0 atom stereocenters. The summed E-state index contributed by atoms with van der Waals surface area (Å²) in [5.41, 5.74) is 16.0. The highest BCUT2D eigenvalue weighted by Crippen LogP contribution is 2.43. The summed E-state index contributed by atoms with van der Waals surface area (Å²) >= 11 is 0. The van der Waals surface area contributed by atoms with Gasteiger partial charge >= 0.3 is 0 Å². The minimum atomic E-state index is 0.431. The van der Waals surface area contributed by atoms with Crippen molar-refractivity contribution in [1.29, 1.82) is 5.26 Å². The molecule has 0 saturated carbocycles.